The second-order valence-corrected chi connectivity index (χ2v) is 5.28. The first kappa shape index (κ1) is 14.4. The van der Waals surface area contributed by atoms with Crippen molar-refractivity contribution in [1.29, 1.82) is 0 Å². The summed E-state index contributed by atoms with van der Waals surface area (Å²) in [5.74, 6) is -0.551. The zero-order valence-electron chi connectivity index (χ0n) is 11.7. The summed E-state index contributed by atoms with van der Waals surface area (Å²) in [4.78, 5) is 24.3. The van der Waals surface area contributed by atoms with Gasteiger partial charge in [-0.3, -0.25) is 4.79 Å². The Kier molecular flexibility index (Phi) is 3.69. The lowest BCUT2D eigenvalue weighted by Gasteiger charge is -2.07. The molecule has 0 unspecified atom stereocenters. The molecule has 5 heteroatoms. The number of carbonyl (C=O) groups is 1. The molecule has 110 valence electrons. The molecule has 0 radical (unpaired) electrons. The van der Waals surface area contributed by atoms with Crippen molar-refractivity contribution >= 4 is 34.2 Å². The van der Waals surface area contributed by atoms with Gasteiger partial charge in [-0.05, 0) is 30.7 Å². The van der Waals surface area contributed by atoms with Gasteiger partial charge in [0.2, 0.25) is 0 Å². The zero-order chi connectivity index (χ0) is 15.7. The van der Waals surface area contributed by atoms with Crippen LogP contribution in [0.5, 0.6) is 0 Å². The van der Waals surface area contributed by atoms with Gasteiger partial charge in [0.15, 0.2) is 0 Å². The molecule has 0 bridgehead atoms. The van der Waals surface area contributed by atoms with E-state index in [1.54, 1.807) is 30.3 Å². The van der Waals surface area contributed by atoms with Gasteiger partial charge >= 0.3 is 5.63 Å². The summed E-state index contributed by atoms with van der Waals surface area (Å²) < 4.78 is 5.26. The molecule has 0 atom stereocenters. The van der Waals surface area contributed by atoms with Gasteiger partial charge < -0.3 is 9.73 Å². The van der Waals surface area contributed by atoms with Gasteiger partial charge in [-0.15, -0.1) is 0 Å². The highest BCUT2D eigenvalue weighted by molar-refractivity contribution is 6.33. The monoisotopic (exact) mass is 313 g/mol. The molecule has 0 aliphatic heterocycles. The SMILES string of the molecule is Cc1cccc2cc(C(=O)Nc3ccccc3Cl)c(=O)oc12. The van der Waals surface area contributed by atoms with Crippen molar-refractivity contribution in [1.82, 2.24) is 0 Å². The molecule has 0 spiro atoms. The molecule has 0 aliphatic rings. The Morgan fingerprint density at radius 2 is 1.91 bits per heavy atom. The van der Waals surface area contributed by atoms with E-state index < -0.39 is 11.5 Å². The van der Waals surface area contributed by atoms with Crippen LogP contribution < -0.4 is 10.9 Å². The molecule has 1 amide bonds. The average Bonchev–Trinajstić information content (AvgIpc) is 2.50. The molecule has 0 saturated carbocycles. The Morgan fingerprint density at radius 1 is 1.14 bits per heavy atom. The number of fused-ring (bicyclic) bond motifs is 1. The first-order valence-corrected chi connectivity index (χ1v) is 7.03. The Balaban J connectivity index is 2.03. The van der Waals surface area contributed by atoms with Crippen molar-refractivity contribution in [2.75, 3.05) is 5.32 Å². The maximum absolute atomic E-state index is 12.3. The normalized spacial score (nSPS) is 10.6. The van der Waals surface area contributed by atoms with E-state index in [0.29, 0.717) is 21.7 Å². The second kappa shape index (κ2) is 5.66. The Hall–Kier alpha value is -2.59. The van der Waals surface area contributed by atoms with Crippen LogP contribution >= 0.6 is 11.6 Å². The lowest BCUT2D eigenvalue weighted by Crippen LogP contribution is -2.20. The van der Waals surface area contributed by atoms with E-state index in [1.165, 1.54) is 6.07 Å². The first-order chi connectivity index (χ1) is 10.6. The number of hydrogen-bond donors (Lipinski definition) is 1. The fraction of sp³-hybridized carbons (Fsp3) is 0.0588. The molecule has 0 saturated heterocycles. The molecule has 2 aromatic carbocycles. The molecule has 3 aromatic rings. The third-order valence-electron chi connectivity index (χ3n) is 3.32. The van der Waals surface area contributed by atoms with Crippen molar-refractivity contribution in [2.45, 2.75) is 6.92 Å². The van der Waals surface area contributed by atoms with Crippen LogP contribution in [0.4, 0.5) is 5.69 Å². The second-order valence-electron chi connectivity index (χ2n) is 4.87. The molecule has 3 rings (SSSR count). The van der Waals surface area contributed by atoms with Crippen molar-refractivity contribution in [3.05, 3.63) is 75.1 Å². The molecular weight excluding hydrogens is 302 g/mol. The molecule has 1 heterocycles. The van der Waals surface area contributed by atoms with Crippen LogP contribution in [0.25, 0.3) is 11.0 Å². The number of hydrogen-bond acceptors (Lipinski definition) is 3. The van der Waals surface area contributed by atoms with Crippen molar-refractivity contribution in [3.8, 4) is 0 Å². The molecular formula is C17H12ClNO3. The predicted molar refractivity (Wildman–Crippen MR) is 86.6 cm³/mol. The third kappa shape index (κ3) is 2.61. The quantitative estimate of drug-likeness (QED) is 0.727. The van der Waals surface area contributed by atoms with Crippen LogP contribution in [-0.4, -0.2) is 5.91 Å². The topological polar surface area (TPSA) is 59.3 Å². The summed E-state index contributed by atoms with van der Waals surface area (Å²) in [6.07, 6.45) is 0. The van der Waals surface area contributed by atoms with Gasteiger partial charge in [0, 0.05) is 5.39 Å². The summed E-state index contributed by atoms with van der Waals surface area (Å²) in [6.45, 7) is 1.84. The maximum atomic E-state index is 12.3. The van der Waals surface area contributed by atoms with Crippen LogP contribution in [-0.2, 0) is 0 Å². The number of anilines is 1. The minimum absolute atomic E-state index is 0.0574. The minimum atomic E-state index is -0.675. The van der Waals surface area contributed by atoms with Gasteiger partial charge in [-0.2, -0.15) is 0 Å². The van der Waals surface area contributed by atoms with E-state index in [9.17, 15) is 9.59 Å². The molecule has 0 fully saturated rings. The smallest absolute Gasteiger partial charge is 0.349 e. The van der Waals surface area contributed by atoms with Gasteiger partial charge in [0.1, 0.15) is 11.1 Å². The number of halogens is 1. The van der Waals surface area contributed by atoms with Crippen LogP contribution in [0.15, 0.2) is 57.7 Å². The number of amides is 1. The van der Waals surface area contributed by atoms with Crippen LogP contribution in [0.2, 0.25) is 5.02 Å². The fourth-order valence-corrected chi connectivity index (χ4v) is 2.38. The van der Waals surface area contributed by atoms with E-state index in [0.717, 1.165) is 5.56 Å². The number of benzene rings is 2. The number of para-hydroxylation sites is 2. The van der Waals surface area contributed by atoms with Gasteiger partial charge in [-0.1, -0.05) is 41.9 Å². The fourth-order valence-electron chi connectivity index (χ4n) is 2.20. The van der Waals surface area contributed by atoms with Crippen molar-refractivity contribution in [3.63, 3.8) is 0 Å². The third-order valence-corrected chi connectivity index (χ3v) is 3.65. The van der Waals surface area contributed by atoms with Crippen LogP contribution in [0.3, 0.4) is 0 Å². The Morgan fingerprint density at radius 3 is 2.68 bits per heavy atom. The highest BCUT2D eigenvalue weighted by atomic mass is 35.5. The lowest BCUT2D eigenvalue weighted by molar-refractivity contribution is 0.102. The summed E-state index contributed by atoms with van der Waals surface area (Å²) >= 11 is 6.00. The van der Waals surface area contributed by atoms with Crippen LogP contribution in [0.1, 0.15) is 15.9 Å². The van der Waals surface area contributed by atoms with E-state index in [4.69, 9.17) is 16.0 Å². The summed E-state index contributed by atoms with van der Waals surface area (Å²) in [5, 5.41) is 3.71. The summed E-state index contributed by atoms with van der Waals surface area (Å²) in [7, 11) is 0. The average molecular weight is 314 g/mol. The maximum Gasteiger partial charge on any atom is 0.349 e. The highest BCUT2D eigenvalue weighted by Crippen LogP contribution is 2.22. The Labute approximate surface area is 131 Å². The Bertz CT molecular complexity index is 931. The summed E-state index contributed by atoms with van der Waals surface area (Å²) in [5.41, 5.74) is 1.04. The standard InChI is InChI=1S/C17H12ClNO3/c1-10-5-4-6-11-9-12(17(21)22-15(10)11)16(20)19-14-8-3-2-7-13(14)18/h2-9H,1H3,(H,19,20). The van der Waals surface area contributed by atoms with Crippen LogP contribution in [0, 0.1) is 6.92 Å². The number of aryl methyl sites for hydroxylation is 1. The highest BCUT2D eigenvalue weighted by Gasteiger charge is 2.15. The van der Waals surface area contributed by atoms with E-state index in [2.05, 4.69) is 5.32 Å². The van der Waals surface area contributed by atoms with Gasteiger partial charge in [-0.25, -0.2) is 4.79 Å². The van der Waals surface area contributed by atoms with Crippen molar-refractivity contribution < 1.29 is 9.21 Å². The van der Waals surface area contributed by atoms with E-state index in [1.807, 2.05) is 19.1 Å². The van der Waals surface area contributed by atoms with Gasteiger partial charge in [0.25, 0.3) is 5.91 Å². The molecule has 4 nitrogen and oxygen atoms in total. The predicted octanol–water partition coefficient (Wildman–Crippen LogP) is 4.01. The molecule has 0 aliphatic carbocycles. The summed E-state index contributed by atoms with van der Waals surface area (Å²) in [6, 6.07) is 13.8. The van der Waals surface area contributed by atoms with Crippen molar-refractivity contribution in [2.24, 2.45) is 0 Å². The minimum Gasteiger partial charge on any atom is -0.422 e. The molecule has 1 aromatic heterocycles. The first-order valence-electron chi connectivity index (χ1n) is 6.65. The molecule has 22 heavy (non-hydrogen) atoms. The number of rotatable bonds is 2. The van der Waals surface area contributed by atoms with E-state index in [-0.39, 0.29) is 5.56 Å². The largest absolute Gasteiger partial charge is 0.422 e. The number of nitrogens with one attached hydrogen (secondary N) is 1. The lowest BCUT2D eigenvalue weighted by atomic mass is 10.1. The zero-order valence-corrected chi connectivity index (χ0v) is 12.5. The molecule has 1 N–H and O–H groups in total. The van der Waals surface area contributed by atoms with Gasteiger partial charge in [0.05, 0.1) is 10.7 Å². The van der Waals surface area contributed by atoms with E-state index >= 15 is 0 Å². The number of carbonyl (C=O) groups excluding carboxylic acids is 1.